The van der Waals surface area contributed by atoms with Gasteiger partial charge in [0.2, 0.25) is 11.8 Å². The monoisotopic (exact) mass is 268 g/mol. The molecule has 1 N–H and O–H groups in total. The number of piperidine rings is 2. The van der Waals surface area contributed by atoms with Gasteiger partial charge in [-0.25, -0.2) is 0 Å². The zero-order chi connectivity index (χ0) is 13.8. The Balaban J connectivity index is 1.90. The minimum absolute atomic E-state index is 0.0304. The standard InChI is InChI=1S/C13H20N2O4/c16-11-5-4-10(13(18)19)8-15(11)9-12(17)14-6-2-1-3-7-14/h10H,1-9H2,(H,18,19). The molecule has 2 aliphatic rings. The molecule has 0 aliphatic carbocycles. The lowest BCUT2D eigenvalue weighted by atomic mass is 9.98. The summed E-state index contributed by atoms with van der Waals surface area (Å²) < 4.78 is 0. The van der Waals surface area contributed by atoms with Gasteiger partial charge in [-0.05, 0) is 25.7 Å². The molecule has 0 aromatic carbocycles. The van der Waals surface area contributed by atoms with Crippen LogP contribution in [-0.4, -0.2) is 58.9 Å². The summed E-state index contributed by atoms with van der Waals surface area (Å²) in [5.41, 5.74) is 0. The van der Waals surface area contributed by atoms with E-state index in [1.165, 1.54) is 4.90 Å². The second kappa shape index (κ2) is 6.04. The second-order valence-electron chi connectivity index (χ2n) is 5.29. The summed E-state index contributed by atoms with van der Waals surface area (Å²) in [6, 6.07) is 0. The minimum Gasteiger partial charge on any atom is -0.481 e. The van der Waals surface area contributed by atoms with Gasteiger partial charge in [0.05, 0.1) is 12.5 Å². The first-order chi connectivity index (χ1) is 9.08. The number of hydrogen-bond donors (Lipinski definition) is 1. The first-order valence-corrected chi connectivity index (χ1v) is 6.86. The van der Waals surface area contributed by atoms with Crippen molar-refractivity contribution in [3.05, 3.63) is 0 Å². The quantitative estimate of drug-likeness (QED) is 0.799. The Morgan fingerprint density at radius 2 is 1.89 bits per heavy atom. The molecule has 0 spiro atoms. The predicted molar refractivity (Wildman–Crippen MR) is 67.4 cm³/mol. The van der Waals surface area contributed by atoms with Crippen LogP contribution in [0, 0.1) is 5.92 Å². The number of rotatable bonds is 3. The Kier molecular flexibility index (Phi) is 4.39. The maximum atomic E-state index is 12.1. The fourth-order valence-corrected chi connectivity index (χ4v) is 2.68. The number of carboxylic acid groups (broad SMARTS) is 1. The molecule has 2 amide bonds. The van der Waals surface area contributed by atoms with Crippen LogP contribution in [-0.2, 0) is 14.4 Å². The van der Waals surface area contributed by atoms with Crippen LogP contribution in [0.25, 0.3) is 0 Å². The van der Waals surface area contributed by atoms with E-state index in [0.29, 0.717) is 6.42 Å². The van der Waals surface area contributed by atoms with Crippen molar-refractivity contribution in [2.45, 2.75) is 32.1 Å². The first kappa shape index (κ1) is 13.8. The van der Waals surface area contributed by atoms with Gasteiger partial charge in [0.25, 0.3) is 0 Å². The molecule has 0 radical (unpaired) electrons. The van der Waals surface area contributed by atoms with Gasteiger partial charge >= 0.3 is 5.97 Å². The van der Waals surface area contributed by atoms with E-state index in [9.17, 15) is 14.4 Å². The number of likely N-dealkylation sites (tertiary alicyclic amines) is 2. The molecule has 0 bridgehead atoms. The molecule has 0 aromatic rings. The lowest BCUT2D eigenvalue weighted by Crippen LogP contribution is -2.49. The summed E-state index contributed by atoms with van der Waals surface area (Å²) in [6.45, 7) is 1.70. The Morgan fingerprint density at radius 1 is 1.21 bits per heavy atom. The van der Waals surface area contributed by atoms with Gasteiger partial charge < -0.3 is 14.9 Å². The second-order valence-corrected chi connectivity index (χ2v) is 5.29. The van der Waals surface area contributed by atoms with Gasteiger partial charge in [0, 0.05) is 26.1 Å². The maximum Gasteiger partial charge on any atom is 0.308 e. The summed E-state index contributed by atoms with van der Waals surface area (Å²) in [5.74, 6) is -1.59. The number of carboxylic acids is 1. The molecule has 2 rings (SSSR count). The Morgan fingerprint density at radius 3 is 2.53 bits per heavy atom. The molecule has 0 saturated carbocycles. The Bertz CT molecular complexity index is 377. The van der Waals surface area contributed by atoms with Gasteiger partial charge in [-0.15, -0.1) is 0 Å². The molecule has 106 valence electrons. The smallest absolute Gasteiger partial charge is 0.308 e. The Hall–Kier alpha value is -1.59. The molecule has 1 atom stereocenters. The highest BCUT2D eigenvalue weighted by Crippen LogP contribution is 2.18. The molecular weight excluding hydrogens is 248 g/mol. The highest BCUT2D eigenvalue weighted by molar-refractivity contribution is 5.86. The van der Waals surface area contributed by atoms with E-state index in [1.807, 2.05) is 0 Å². The van der Waals surface area contributed by atoms with E-state index < -0.39 is 11.9 Å². The first-order valence-electron chi connectivity index (χ1n) is 6.86. The molecule has 6 nitrogen and oxygen atoms in total. The normalized spacial score (nSPS) is 24.4. The molecule has 0 aromatic heterocycles. The molecule has 6 heteroatoms. The summed E-state index contributed by atoms with van der Waals surface area (Å²) in [5, 5.41) is 8.99. The van der Waals surface area contributed by atoms with Crippen molar-refractivity contribution in [2.24, 2.45) is 5.92 Å². The van der Waals surface area contributed by atoms with Gasteiger partial charge in [-0.2, -0.15) is 0 Å². The third-order valence-corrected chi connectivity index (χ3v) is 3.88. The molecule has 19 heavy (non-hydrogen) atoms. The third-order valence-electron chi connectivity index (χ3n) is 3.88. The van der Waals surface area contributed by atoms with Gasteiger partial charge in [-0.1, -0.05) is 0 Å². The number of hydrogen-bond acceptors (Lipinski definition) is 3. The maximum absolute atomic E-state index is 12.1. The van der Waals surface area contributed by atoms with Crippen molar-refractivity contribution in [2.75, 3.05) is 26.2 Å². The van der Waals surface area contributed by atoms with Crippen LogP contribution in [0.5, 0.6) is 0 Å². The lowest BCUT2D eigenvalue weighted by Gasteiger charge is -2.33. The lowest BCUT2D eigenvalue weighted by molar-refractivity contribution is -0.150. The van der Waals surface area contributed by atoms with Crippen LogP contribution in [0.15, 0.2) is 0 Å². The zero-order valence-corrected chi connectivity index (χ0v) is 11.0. The SMILES string of the molecule is O=C(O)C1CCC(=O)N(CC(=O)N2CCCCC2)C1. The van der Waals surface area contributed by atoms with E-state index >= 15 is 0 Å². The highest BCUT2D eigenvalue weighted by Gasteiger charge is 2.32. The zero-order valence-electron chi connectivity index (χ0n) is 11.0. The van der Waals surface area contributed by atoms with Crippen LogP contribution in [0.3, 0.4) is 0 Å². The van der Waals surface area contributed by atoms with E-state index in [2.05, 4.69) is 0 Å². The van der Waals surface area contributed by atoms with E-state index in [0.717, 1.165) is 32.4 Å². The summed E-state index contributed by atoms with van der Waals surface area (Å²) in [6.07, 6.45) is 3.77. The number of carbonyl (C=O) groups excluding carboxylic acids is 2. The van der Waals surface area contributed by atoms with E-state index in [1.54, 1.807) is 4.90 Å². The van der Waals surface area contributed by atoms with Crippen LogP contribution in [0.2, 0.25) is 0 Å². The van der Waals surface area contributed by atoms with Crippen molar-refractivity contribution in [3.63, 3.8) is 0 Å². The van der Waals surface area contributed by atoms with Crippen LogP contribution >= 0.6 is 0 Å². The molecule has 2 aliphatic heterocycles. The molecular formula is C13H20N2O4. The van der Waals surface area contributed by atoms with Crippen molar-refractivity contribution in [1.29, 1.82) is 0 Å². The highest BCUT2D eigenvalue weighted by atomic mass is 16.4. The fraction of sp³-hybridized carbons (Fsp3) is 0.769. The third kappa shape index (κ3) is 3.45. The summed E-state index contributed by atoms with van der Waals surface area (Å²) in [4.78, 5) is 38.0. The summed E-state index contributed by atoms with van der Waals surface area (Å²) in [7, 11) is 0. The Labute approximate surface area is 112 Å². The summed E-state index contributed by atoms with van der Waals surface area (Å²) >= 11 is 0. The van der Waals surface area contributed by atoms with Crippen molar-refractivity contribution >= 4 is 17.8 Å². The number of amides is 2. The van der Waals surface area contributed by atoms with Gasteiger partial charge in [-0.3, -0.25) is 14.4 Å². The average Bonchev–Trinajstić information content (AvgIpc) is 2.42. The van der Waals surface area contributed by atoms with Crippen LogP contribution in [0.4, 0.5) is 0 Å². The van der Waals surface area contributed by atoms with Crippen molar-refractivity contribution in [3.8, 4) is 0 Å². The number of carbonyl (C=O) groups is 3. The van der Waals surface area contributed by atoms with Crippen molar-refractivity contribution in [1.82, 2.24) is 9.80 Å². The van der Waals surface area contributed by atoms with Gasteiger partial charge in [0.1, 0.15) is 0 Å². The van der Waals surface area contributed by atoms with Crippen LogP contribution in [0.1, 0.15) is 32.1 Å². The number of nitrogens with zero attached hydrogens (tertiary/aromatic N) is 2. The number of aliphatic carboxylic acids is 1. The fourth-order valence-electron chi connectivity index (χ4n) is 2.68. The molecule has 1 unspecified atom stereocenters. The molecule has 2 fully saturated rings. The van der Waals surface area contributed by atoms with E-state index in [4.69, 9.17) is 5.11 Å². The molecule has 2 saturated heterocycles. The average molecular weight is 268 g/mol. The topological polar surface area (TPSA) is 77.9 Å². The predicted octanol–water partition coefficient (Wildman–Crippen LogP) is 0.322. The van der Waals surface area contributed by atoms with E-state index in [-0.39, 0.29) is 31.3 Å². The largest absolute Gasteiger partial charge is 0.481 e. The van der Waals surface area contributed by atoms with Crippen molar-refractivity contribution < 1.29 is 19.5 Å². The van der Waals surface area contributed by atoms with Crippen LogP contribution < -0.4 is 0 Å². The minimum atomic E-state index is -0.886. The van der Waals surface area contributed by atoms with Gasteiger partial charge in [0.15, 0.2) is 0 Å². The molecule has 2 heterocycles.